The topological polar surface area (TPSA) is 62.6 Å². The van der Waals surface area contributed by atoms with Crippen LogP contribution in [0.5, 0.6) is 0 Å². The van der Waals surface area contributed by atoms with E-state index in [1.54, 1.807) is 13.2 Å². The largest absolute Gasteiger partial charge is 0.460 e. The Morgan fingerprint density at radius 1 is 0.609 bits per heavy atom. The van der Waals surface area contributed by atoms with E-state index in [0.717, 1.165) is 65.0 Å². The van der Waals surface area contributed by atoms with Crippen LogP contribution >= 0.6 is 0 Å². The van der Waals surface area contributed by atoms with E-state index < -0.39 is 5.97 Å². The number of ether oxygens (including phenoxy) is 2. The van der Waals surface area contributed by atoms with Gasteiger partial charge in [0.15, 0.2) is 0 Å². The highest BCUT2D eigenvalue weighted by atomic mass is 16.5. The van der Waals surface area contributed by atoms with Crippen LogP contribution in [0, 0.1) is 11.3 Å². The van der Waals surface area contributed by atoms with Crippen molar-refractivity contribution in [1.29, 1.82) is 5.26 Å². The molecular weight excluding hydrogens is 568 g/mol. The molecule has 0 aromatic heterocycles. The number of methoxy groups -OCH3 is 1. The highest BCUT2D eigenvalue weighted by Crippen LogP contribution is 2.35. The Hall–Kier alpha value is -5.18. The van der Waals surface area contributed by atoms with Crippen molar-refractivity contribution in [2.75, 3.05) is 12.0 Å². The molecule has 5 heteroatoms. The minimum atomic E-state index is -0.500. The van der Waals surface area contributed by atoms with Gasteiger partial charge in [0.2, 0.25) is 0 Å². The summed E-state index contributed by atoms with van der Waals surface area (Å²) in [6, 6.07) is 44.9. The number of benzene rings is 5. The maximum atomic E-state index is 11.4. The Morgan fingerprint density at radius 3 is 1.48 bits per heavy atom. The quantitative estimate of drug-likeness (QED) is 0.117. The predicted octanol–water partition coefficient (Wildman–Crippen LogP) is 9.66. The lowest BCUT2D eigenvalue weighted by atomic mass is 9.99. The smallest absolute Gasteiger partial charge is 0.320 e. The average Bonchev–Trinajstić information content (AvgIpc) is 3.10. The van der Waals surface area contributed by atoms with Gasteiger partial charge in [0.1, 0.15) is 13.0 Å². The fraction of sp³-hybridized carbons (Fsp3) is 0.220. The van der Waals surface area contributed by atoms with Crippen LogP contribution in [-0.4, -0.2) is 13.1 Å². The van der Waals surface area contributed by atoms with Gasteiger partial charge in [0.25, 0.3) is 0 Å². The molecule has 0 fully saturated rings. The van der Waals surface area contributed by atoms with E-state index in [-0.39, 0.29) is 13.0 Å². The summed E-state index contributed by atoms with van der Waals surface area (Å²) in [6.45, 7) is 2.96. The van der Waals surface area contributed by atoms with E-state index in [0.29, 0.717) is 6.61 Å². The summed E-state index contributed by atoms with van der Waals surface area (Å²) in [6.07, 6.45) is 3.89. The molecule has 0 saturated heterocycles. The molecule has 0 N–H and O–H groups in total. The molecule has 0 saturated carbocycles. The van der Waals surface area contributed by atoms with Gasteiger partial charge in [-0.25, -0.2) is 0 Å². The molecule has 5 aromatic carbocycles. The predicted molar refractivity (Wildman–Crippen MR) is 185 cm³/mol. The molecule has 0 aliphatic heterocycles. The number of nitriles is 1. The maximum Gasteiger partial charge on any atom is 0.320 e. The zero-order valence-electron chi connectivity index (χ0n) is 26.6. The van der Waals surface area contributed by atoms with Gasteiger partial charge in [-0.3, -0.25) is 4.79 Å². The van der Waals surface area contributed by atoms with E-state index in [9.17, 15) is 4.79 Å². The van der Waals surface area contributed by atoms with E-state index in [1.165, 1.54) is 16.7 Å². The van der Waals surface area contributed by atoms with Crippen molar-refractivity contribution in [3.05, 3.63) is 149 Å². The molecule has 5 aromatic rings. The zero-order chi connectivity index (χ0) is 32.1. The van der Waals surface area contributed by atoms with Crippen LogP contribution in [0.1, 0.15) is 47.6 Å². The van der Waals surface area contributed by atoms with Gasteiger partial charge in [-0.15, -0.1) is 0 Å². The van der Waals surface area contributed by atoms with Crippen LogP contribution in [0.25, 0.3) is 11.1 Å². The minimum absolute atomic E-state index is 0.177. The Morgan fingerprint density at radius 2 is 1.02 bits per heavy atom. The number of esters is 1. The van der Waals surface area contributed by atoms with Gasteiger partial charge in [-0.05, 0) is 101 Å². The molecule has 0 unspecified atom stereocenters. The zero-order valence-corrected chi connectivity index (χ0v) is 26.6. The number of carbonyl (C=O) groups excluding carboxylic acids is 1. The van der Waals surface area contributed by atoms with Gasteiger partial charge in [0.05, 0.1) is 12.7 Å². The highest BCUT2D eigenvalue weighted by molar-refractivity contribution is 5.76. The Labute approximate surface area is 272 Å². The second kappa shape index (κ2) is 16.2. The Balaban J connectivity index is 1.18. The molecule has 0 spiro atoms. The molecule has 232 valence electrons. The van der Waals surface area contributed by atoms with Crippen molar-refractivity contribution in [3.63, 3.8) is 0 Å². The lowest BCUT2D eigenvalue weighted by molar-refractivity contribution is -0.143. The van der Waals surface area contributed by atoms with Gasteiger partial charge in [-0.1, -0.05) is 91.9 Å². The standard InChI is InChI=1S/C41H40N2O3/c1-3-31-11-21-38(22-12-31)43(40-25-15-34(16-26-40)29-45-2)39-23-13-33(14-24-39)6-4-5-32-7-17-36(18-8-32)37-19-9-35(10-20-37)30-46-41(44)27-28-42/h7-26H,3-6,27,29-30H2,1-2H3. The SMILES string of the molecule is CCc1ccc(N(c2ccc(CCCc3ccc(-c4ccc(COC(=O)CC#N)cc4)cc3)cc2)c2ccc(COC)cc2)cc1. The first-order valence-corrected chi connectivity index (χ1v) is 15.8. The number of carbonyl (C=O) groups is 1. The summed E-state index contributed by atoms with van der Waals surface area (Å²) < 4.78 is 10.4. The molecule has 0 radical (unpaired) electrons. The molecule has 5 nitrogen and oxygen atoms in total. The first-order valence-electron chi connectivity index (χ1n) is 15.8. The van der Waals surface area contributed by atoms with Crippen molar-refractivity contribution in [3.8, 4) is 17.2 Å². The fourth-order valence-corrected chi connectivity index (χ4v) is 5.48. The number of nitrogens with zero attached hydrogens (tertiary/aromatic N) is 2. The third-order valence-corrected chi connectivity index (χ3v) is 8.10. The fourth-order valence-electron chi connectivity index (χ4n) is 5.48. The van der Waals surface area contributed by atoms with E-state index in [1.807, 2.05) is 24.3 Å². The van der Waals surface area contributed by atoms with Gasteiger partial charge in [-0.2, -0.15) is 5.26 Å². The van der Waals surface area contributed by atoms with Crippen LogP contribution in [0.15, 0.2) is 121 Å². The number of rotatable bonds is 14. The molecule has 46 heavy (non-hydrogen) atoms. The average molecular weight is 609 g/mol. The maximum absolute atomic E-state index is 11.4. The van der Waals surface area contributed by atoms with Crippen LogP contribution in [0.4, 0.5) is 17.1 Å². The second-order valence-electron chi connectivity index (χ2n) is 11.4. The summed E-state index contributed by atoms with van der Waals surface area (Å²) in [4.78, 5) is 13.7. The molecule has 0 bridgehead atoms. The Kier molecular flexibility index (Phi) is 11.4. The number of anilines is 3. The van der Waals surface area contributed by atoms with Crippen LogP contribution in [0.3, 0.4) is 0 Å². The summed E-state index contributed by atoms with van der Waals surface area (Å²) in [5.74, 6) is -0.500. The summed E-state index contributed by atoms with van der Waals surface area (Å²) in [5, 5.41) is 8.58. The molecule has 0 aliphatic rings. The third kappa shape index (κ3) is 8.72. The first kappa shape index (κ1) is 32.2. The van der Waals surface area contributed by atoms with Crippen molar-refractivity contribution in [1.82, 2.24) is 0 Å². The lowest BCUT2D eigenvalue weighted by Crippen LogP contribution is -2.10. The monoisotopic (exact) mass is 608 g/mol. The van der Waals surface area contributed by atoms with E-state index in [2.05, 4.69) is 109 Å². The first-order chi connectivity index (χ1) is 22.6. The third-order valence-electron chi connectivity index (χ3n) is 8.10. The molecule has 0 heterocycles. The number of hydrogen-bond donors (Lipinski definition) is 0. The normalized spacial score (nSPS) is 10.7. The van der Waals surface area contributed by atoms with Crippen molar-refractivity contribution < 1.29 is 14.3 Å². The summed E-state index contributed by atoms with van der Waals surface area (Å²) >= 11 is 0. The summed E-state index contributed by atoms with van der Waals surface area (Å²) in [5.41, 5.74) is 11.7. The number of aryl methyl sites for hydroxylation is 3. The van der Waals surface area contributed by atoms with E-state index >= 15 is 0 Å². The van der Waals surface area contributed by atoms with Crippen molar-refractivity contribution in [2.24, 2.45) is 0 Å². The van der Waals surface area contributed by atoms with Gasteiger partial charge < -0.3 is 14.4 Å². The van der Waals surface area contributed by atoms with Gasteiger partial charge >= 0.3 is 5.97 Å². The lowest BCUT2D eigenvalue weighted by Gasteiger charge is -2.26. The molecule has 0 aliphatic carbocycles. The molecule has 0 amide bonds. The highest BCUT2D eigenvalue weighted by Gasteiger charge is 2.13. The second-order valence-corrected chi connectivity index (χ2v) is 11.4. The minimum Gasteiger partial charge on any atom is -0.460 e. The van der Waals surface area contributed by atoms with Crippen molar-refractivity contribution >= 4 is 23.0 Å². The molecule has 0 atom stereocenters. The Bertz CT molecular complexity index is 1720. The number of hydrogen-bond acceptors (Lipinski definition) is 5. The van der Waals surface area contributed by atoms with Crippen LogP contribution in [0.2, 0.25) is 0 Å². The molecular formula is C41H40N2O3. The summed E-state index contributed by atoms with van der Waals surface area (Å²) in [7, 11) is 1.72. The van der Waals surface area contributed by atoms with Crippen LogP contribution in [-0.2, 0) is 46.7 Å². The van der Waals surface area contributed by atoms with Crippen LogP contribution < -0.4 is 4.90 Å². The van der Waals surface area contributed by atoms with E-state index in [4.69, 9.17) is 14.7 Å². The van der Waals surface area contributed by atoms with Gasteiger partial charge in [0, 0.05) is 24.2 Å². The molecule has 5 rings (SSSR count). The van der Waals surface area contributed by atoms with Crippen molar-refractivity contribution in [2.45, 2.75) is 52.2 Å².